The first kappa shape index (κ1) is 12.4. The Kier molecular flexibility index (Phi) is 3.59. The Hall–Kier alpha value is -0.0900. The third kappa shape index (κ3) is 1.90. The first-order valence-electron chi connectivity index (χ1n) is 5.66. The van der Waals surface area contributed by atoms with Gasteiger partial charge in [0, 0.05) is 6.42 Å². The van der Waals surface area contributed by atoms with Crippen LogP contribution in [0.3, 0.4) is 0 Å². The van der Waals surface area contributed by atoms with Crippen LogP contribution in [-0.2, 0) is 9.53 Å². The molecular weight excluding hydrogens is 240 g/mol. The van der Waals surface area contributed by atoms with Crippen LogP contribution in [0.5, 0.6) is 0 Å². The lowest BCUT2D eigenvalue weighted by molar-refractivity contribution is -0.116. The summed E-state index contributed by atoms with van der Waals surface area (Å²) >= 11 is 3.82. The molecule has 90 valence electrons. The summed E-state index contributed by atoms with van der Waals surface area (Å²) in [5, 5.41) is 0. The first-order chi connectivity index (χ1) is 7.66. The summed E-state index contributed by atoms with van der Waals surface area (Å²) in [5.41, 5.74) is -0.245. The van der Waals surface area contributed by atoms with Crippen LogP contribution >= 0.6 is 23.5 Å². The molecular formula is C12H18O2S2. The van der Waals surface area contributed by atoms with E-state index in [-0.39, 0.29) is 9.49 Å². The third-order valence-corrected chi connectivity index (χ3v) is 7.20. The van der Waals surface area contributed by atoms with Gasteiger partial charge in [-0.05, 0) is 30.4 Å². The number of ether oxygens (including phenoxy) is 1. The number of methoxy groups -OCH3 is 1. The second kappa shape index (κ2) is 4.65. The van der Waals surface area contributed by atoms with Gasteiger partial charge in [-0.1, -0.05) is 6.92 Å². The Balaban J connectivity index is 2.36. The zero-order valence-electron chi connectivity index (χ0n) is 9.82. The van der Waals surface area contributed by atoms with E-state index in [4.69, 9.17) is 4.74 Å². The number of thioether (sulfide) groups is 2. The second-order valence-corrected chi connectivity index (χ2v) is 7.51. The normalized spacial score (nSPS) is 33.2. The van der Waals surface area contributed by atoms with E-state index in [1.54, 1.807) is 7.11 Å². The molecule has 16 heavy (non-hydrogen) atoms. The molecule has 2 aliphatic rings. The molecule has 0 bridgehead atoms. The second-order valence-electron chi connectivity index (χ2n) is 4.57. The molecule has 2 nitrogen and oxygen atoms in total. The van der Waals surface area contributed by atoms with Gasteiger partial charge in [-0.25, -0.2) is 0 Å². The minimum Gasteiger partial charge on any atom is -0.501 e. The lowest BCUT2D eigenvalue weighted by atomic mass is 9.78. The fourth-order valence-electron chi connectivity index (χ4n) is 2.27. The molecule has 2 rings (SSSR count). The fourth-order valence-corrected chi connectivity index (χ4v) is 5.86. The summed E-state index contributed by atoms with van der Waals surface area (Å²) in [6.07, 6.45) is 6.37. The molecule has 4 heteroatoms. The van der Waals surface area contributed by atoms with E-state index in [0.29, 0.717) is 0 Å². The topological polar surface area (TPSA) is 26.3 Å². The molecule has 0 aromatic rings. The van der Waals surface area contributed by atoms with Crippen molar-refractivity contribution < 1.29 is 9.53 Å². The van der Waals surface area contributed by atoms with E-state index in [9.17, 15) is 4.79 Å². The van der Waals surface area contributed by atoms with Crippen LogP contribution in [0.1, 0.15) is 26.2 Å². The third-order valence-electron chi connectivity index (χ3n) is 3.48. The highest BCUT2D eigenvalue weighted by Gasteiger charge is 2.51. The Bertz CT molecular complexity index is 308. The molecule has 0 radical (unpaired) electrons. The molecule has 1 fully saturated rings. The molecule has 1 atom stereocenters. The predicted octanol–water partition coefficient (Wildman–Crippen LogP) is 3.08. The van der Waals surface area contributed by atoms with Crippen molar-refractivity contribution in [2.45, 2.75) is 30.3 Å². The van der Waals surface area contributed by atoms with Gasteiger partial charge in [-0.15, -0.1) is 23.5 Å². The van der Waals surface area contributed by atoms with Gasteiger partial charge in [-0.2, -0.15) is 0 Å². The Morgan fingerprint density at radius 2 is 2.12 bits per heavy atom. The smallest absolute Gasteiger partial charge is 0.128 e. The van der Waals surface area contributed by atoms with Crippen LogP contribution in [0, 0.1) is 5.41 Å². The maximum Gasteiger partial charge on any atom is 0.128 e. The molecule has 1 unspecified atom stereocenters. The van der Waals surface area contributed by atoms with Gasteiger partial charge in [0.2, 0.25) is 0 Å². The Morgan fingerprint density at radius 3 is 2.69 bits per heavy atom. The van der Waals surface area contributed by atoms with Crippen LogP contribution < -0.4 is 0 Å². The minimum absolute atomic E-state index is 0.0867. The fraction of sp³-hybridized carbons (Fsp3) is 0.750. The van der Waals surface area contributed by atoms with Gasteiger partial charge in [0.25, 0.3) is 0 Å². The Morgan fingerprint density at radius 1 is 1.44 bits per heavy atom. The van der Waals surface area contributed by atoms with Gasteiger partial charge in [0.15, 0.2) is 0 Å². The van der Waals surface area contributed by atoms with Gasteiger partial charge in [0.05, 0.1) is 22.4 Å². The number of carbonyl (C=O) groups excluding carboxylic acids is 1. The molecule has 1 heterocycles. The molecule has 1 aliphatic heterocycles. The van der Waals surface area contributed by atoms with Crippen LogP contribution in [0.2, 0.25) is 0 Å². The molecule has 0 aromatic carbocycles. The van der Waals surface area contributed by atoms with Crippen molar-refractivity contribution >= 4 is 29.8 Å². The molecule has 1 saturated heterocycles. The van der Waals surface area contributed by atoms with Crippen molar-refractivity contribution in [1.82, 2.24) is 0 Å². The SMILES string of the molecule is COC1=CC2(SCCCS2)C(C)(C=O)CC1. The highest BCUT2D eigenvalue weighted by molar-refractivity contribution is 8.19. The summed E-state index contributed by atoms with van der Waals surface area (Å²) in [7, 11) is 1.72. The van der Waals surface area contributed by atoms with E-state index >= 15 is 0 Å². The zero-order valence-corrected chi connectivity index (χ0v) is 11.5. The van der Waals surface area contributed by atoms with Crippen LogP contribution in [0.25, 0.3) is 0 Å². The van der Waals surface area contributed by atoms with E-state index < -0.39 is 0 Å². The number of carbonyl (C=O) groups is 1. The maximum absolute atomic E-state index is 11.5. The molecule has 0 aromatic heterocycles. The summed E-state index contributed by atoms with van der Waals surface area (Å²) < 4.78 is 5.29. The van der Waals surface area contributed by atoms with E-state index in [1.807, 2.05) is 23.5 Å². The van der Waals surface area contributed by atoms with Gasteiger partial charge in [-0.3, -0.25) is 0 Å². The summed E-state index contributed by atoms with van der Waals surface area (Å²) in [6, 6.07) is 0. The standard InChI is InChI=1S/C12H18O2S2/c1-11(9-13)5-4-10(14-2)8-12(11)15-6-3-7-16-12/h8-9H,3-7H2,1-2H3. The van der Waals surface area contributed by atoms with Crippen LogP contribution in [0.15, 0.2) is 11.8 Å². The van der Waals surface area contributed by atoms with Crippen molar-refractivity contribution in [1.29, 1.82) is 0 Å². The maximum atomic E-state index is 11.5. The molecule has 0 saturated carbocycles. The summed E-state index contributed by atoms with van der Waals surface area (Å²) in [5.74, 6) is 3.33. The predicted molar refractivity (Wildman–Crippen MR) is 70.8 cm³/mol. The lowest BCUT2D eigenvalue weighted by Crippen LogP contribution is -2.45. The summed E-state index contributed by atoms with van der Waals surface area (Å²) in [4.78, 5) is 11.5. The largest absolute Gasteiger partial charge is 0.501 e. The summed E-state index contributed by atoms with van der Waals surface area (Å²) in [6.45, 7) is 2.09. The number of hydrogen-bond donors (Lipinski definition) is 0. The molecule has 1 aliphatic carbocycles. The minimum atomic E-state index is -0.245. The molecule has 0 N–H and O–H groups in total. The first-order valence-corrected chi connectivity index (χ1v) is 7.63. The van der Waals surface area contributed by atoms with E-state index in [2.05, 4.69) is 13.0 Å². The molecule has 1 spiro atoms. The van der Waals surface area contributed by atoms with Gasteiger partial charge < -0.3 is 9.53 Å². The van der Waals surface area contributed by atoms with Crippen molar-refractivity contribution in [2.75, 3.05) is 18.6 Å². The lowest BCUT2D eigenvalue weighted by Gasteiger charge is -2.47. The van der Waals surface area contributed by atoms with Gasteiger partial charge in [0.1, 0.15) is 6.29 Å². The van der Waals surface area contributed by atoms with Crippen molar-refractivity contribution in [3.8, 4) is 0 Å². The number of rotatable bonds is 2. The quantitative estimate of drug-likeness (QED) is 0.711. The van der Waals surface area contributed by atoms with Crippen molar-refractivity contribution in [3.05, 3.63) is 11.8 Å². The Labute approximate surface area is 106 Å². The van der Waals surface area contributed by atoms with Crippen molar-refractivity contribution in [2.24, 2.45) is 5.41 Å². The number of allylic oxidation sites excluding steroid dienone is 1. The zero-order chi connectivity index (χ0) is 11.6. The highest BCUT2D eigenvalue weighted by atomic mass is 32.2. The molecule has 0 amide bonds. The van der Waals surface area contributed by atoms with Crippen LogP contribution in [-0.4, -0.2) is 29.0 Å². The van der Waals surface area contributed by atoms with Gasteiger partial charge >= 0.3 is 0 Å². The average molecular weight is 258 g/mol. The number of aldehydes is 1. The highest BCUT2D eigenvalue weighted by Crippen LogP contribution is 2.58. The van der Waals surface area contributed by atoms with Crippen LogP contribution in [0.4, 0.5) is 0 Å². The van der Waals surface area contributed by atoms with E-state index in [0.717, 1.165) is 36.4 Å². The number of hydrogen-bond acceptors (Lipinski definition) is 4. The monoisotopic (exact) mass is 258 g/mol. The van der Waals surface area contributed by atoms with E-state index in [1.165, 1.54) is 6.42 Å². The van der Waals surface area contributed by atoms with Crippen molar-refractivity contribution in [3.63, 3.8) is 0 Å². The average Bonchev–Trinajstić information content (AvgIpc) is 2.34.